The van der Waals surface area contributed by atoms with Gasteiger partial charge in [-0.3, -0.25) is 0 Å². The maximum absolute atomic E-state index is 12.9. The third-order valence-corrected chi connectivity index (χ3v) is 3.31. The van der Waals surface area contributed by atoms with E-state index in [1.807, 2.05) is 15.9 Å². The first-order chi connectivity index (χ1) is 5.56. The van der Waals surface area contributed by atoms with E-state index in [0.29, 0.717) is 0 Å². The summed E-state index contributed by atoms with van der Waals surface area (Å²) in [5.41, 5.74) is 0. The maximum Gasteiger partial charge on any atom is 0.439 e. The summed E-state index contributed by atoms with van der Waals surface area (Å²) in [6, 6.07) is 0. The lowest BCUT2D eigenvalue weighted by molar-refractivity contribution is -0.258. The molecule has 8 heteroatoms. The molecule has 0 heterocycles. The van der Waals surface area contributed by atoms with E-state index >= 15 is 0 Å². The van der Waals surface area contributed by atoms with Crippen molar-refractivity contribution in [1.82, 2.24) is 0 Å². The van der Waals surface area contributed by atoms with Gasteiger partial charge in [0.05, 0.1) is 0 Å². The summed E-state index contributed by atoms with van der Waals surface area (Å²) in [6.45, 7) is 0.824. The van der Waals surface area contributed by atoms with Gasteiger partial charge >= 0.3 is 15.5 Å². The first kappa shape index (κ1) is 13.6. The molecular weight excluding hydrogens is 331 g/mol. The number of hydrogen-bond acceptors (Lipinski definition) is 1. The summed E-state index contributed by atoms with van der Waals surface area (Å²) < 4.78 is 57.4. The Morgan fingerprint density at radius 2 is 1.46 bits per heavy atom. The Bertz CT molecular complexity index is 178. The molecule has 0 aromatic heterocycles. The van der Waals surface area contributed by atoms with Crippen molar-refractivity contribution in [2.45, 2.75) is 22.4 Å². The molecule has 80 valence electrons. The van der Waals surface area contributed by atoms with Crippen molar-refractivity contribution in [2.75, 3.05) is 6.61 Å². The molecule has 0 aliphatic carbocycles. The molecule has 0 saturated carbocycles. The van der Waals surface area contributed by atoms with Gasteiger partial charge in [0, 0.05) is 6.61 Å². The molecule has 0 aromatic carbocycles. The predicted molar refractivity (Wildman–Crippen MR) is 43.2 cm³/mol. The largest absolute Gasteiger partial charge is 0.439 e. The third-order valence-electron chi connectivity index (χ3n) is 1.05. The highest BCUT2D eigenvalue weighted by Gasteiger charge is 2.69. The second-order valence-corrected chi connectivity index (χ2v) is 4.13. The van der Waals surface area contributed by atoms with Gasteiger partial charge in [0.1, 0.15) is 0 Å². The van der Waals surface area contributed by atoms with E-state index in [1.165, 1.54) is 6.92 Å². The van der Waals surface area contributed by atoms with Crippen LogP contribution in [0.15, 0.2) is 0 Å². The quantitative estimate of drug-likeness (QED) is 0.565. The molecular formula is C5H5Br2F5O. The highest BCUT2D eigenvalue weighted by molar-refractivity contribution is 9.12. The van der Waals surface area contributed by atoms with Crippen LogP contribution in [0.5, 0.6) is 0 Å². The van der Waals surface area contributed by atoms with Crippen LogP contribution in [0.2, 0.25) is 0 Å². The highest BCUT2D eigenvalue weighted by atomic mass is 79.9. The standard InChI is InChI=1S/C5H5Br2F5O/c1-2-13-4(7,9)3(6,8)5(10,11)12/h2H2,1H3. The molecule has 2 atom stereocenters. The zero-order valence-electron chi connectivity index (χ0n) is 6.26. The van der Waals surface area contributed by atoms with Crippen molar-refractivity contribution in [3.8, 4) is 0 Å². The summed E-state index contributed by atoms with van der Waals surface area (Å²) in [6.07, 6.45) is -5.42. The normalized spacial score (nSPS) is 22.2. The van der Waals surface area contributed by atoms with E-state index in [2.05, 4.69) is 4.74 Å². The minimum Gasteiger partial charge on any atom is -0.334 e. The Kier molecular flexibility index (Phi) is 4.15. The van der Waals surface area contributed by atoms with Crippen molar-refractivity contribution >= 4 is 31.9 Å². The van der Waals surface area contributed by atoms with E-state index in [-0.39, 0.29) is 0 Å². The lowest BCUT2D eigenvalue weighted by atomic mass is 10.4. The average molecular weight is 336 g/mol. The van der Waals surface area contributed by atoms with Gasteiger partial charge in [0.15, 0.2) is 0 Å². The van der Waals surface area contributed by atoms with Crippen molar-refractivity contribution in [3.63, 3.8) is 0 Å². The lowest BCUT2D eigenvalue weighted by Crippen LogP contribution is -2.50. The van der Waals surface area contributed by atoms with Crippen LogP contribution in [0.1, 0.15) is 6.92 Å². The molecule has 13 heavy (non-hydrogen) atoms. The first-order valence-electron chi connectivity index (χ1n) is 3.02. The summed E-state index contributed by atoms with van der Waals surface area (Å²) in [4.78, 5) is 0. The van der Waals surface area contributed by atoms with Gasteiger partial charge in [-0.05, 0) is 38.8 Å². The van der Waals surface area contributed by atoms with E-state index in [1.54, 1.807) is 15.9 Å². The molecule has 0 N–H and O–H groups in total. The number of ether oxygens (including phenoxy) is 1. The van der Waals surface area contributed by atoms with Crippen LogP contribution in [0.3, 0.4) is 0 Å². The van der Waals surface area contributed by atoms with Gasteiger partial charge in [0.25, 0.3) is 0 Å². The average Bonchev–Trinajstić information content (AvgIpc) is 1.84. The topological polar surface area (TPSA) is 9.23 Å². The van der Waals surface area contributed by atoms with E-state index < -0.39 is 22.1 Å². The molecule has 0 aromatic rings. The molecule has 0 radical (unpaired) electrons. The van der Waals surface area contributed by atoms with Crippen LogP contribution in [0, 0.1) is 0 Å². The zero-order valence-corrected chi connectivity index (χ0v) is 9.43. The summed E-state index contributed by atoms with van der Waals surface area (Å²) in [7, 11) is 0. The first-order valence-corrected chi connectivity index (χ1v) is 4.61. The summed E-state index contributed by atoms with van der Waals surface area (Å²) in [5, 5.41) is 0. The molecule has 0 aliphatic rings. The van der Waals surface area contributed by atoms with Gasteiger partial charge in [-0.2, -0.15) is 17.6 Å². The highest BCUT2D eigenvalue weighted by Crippen LogP contribution is 2.52. The molecule has 0 saturated heterocycles. The Hall–Kier alpha value is 0.570. The summed E-state index contributed by atoms with van der Waals surface area (Å²) >= 11 is 3.46. The predicted octanol–water partition coefficient (Wildman–Crippen LogP) is 3.66. The fourth-order valence-electron chi connectivity index (χ4n) is 0.437. The number of rotatable bonds is 3. The lowest BCUT2D eigenvalue weighted by Gasteiger charge is -2.31. The van der Waals surface area contributed by atoms with Gasteiger partial charge in [-0.15, -0.1) is 0 Å². The van der Waals surface area contributed by atoms with E-state index in [4.69, 9.17) is 0 Å². The molecule has 0 rings (SSSR count). The molecule has 0 aliphatic heterocycles. The molecule has 0 fully saturated rings. The minimum atomic E-state index is -5.42. The number of halogens is 7. The fourth-order valence-corrected chi connectivity index (χ4v) is 1.01. The Morgan fingerprint density at radius 3 is 1.69 bits per heavy atom. The van der Waals surface area contributed by atoms with Crippen molar-refractivity contribution < 1.29 is 26.7 Å². The second kappa shape index (κ2) is 3.98. The zero-order chi connectivity index (χ0) is 10.9. The van der Waals surface area contributed by atoms with Gasteiger partial charge in [-0.25, -0.2) is 4.39 Å². The smallest absolute Gasteiger partial charge is 0.334 e. The molecule has 0 bridgehead atoms. The summed E-state index contributed by atoms with van der Waals surface area (Å²) in [5.74, 6) is 0. The van der Waals surface area contributed by atoms with Crippen LogP contribution in [0.4, 0.5) is 22.0 Å². The van der Waals surface area contributed by atoms with Crippen LogP contribution >= 0.6 is 31.9 Å². The Labute approximate surface area is 87.9 Å². The van der Waals surface area contributed by atoms with E-state index in [0.717, 1.165) is 0 Å². The Morgan fingerprint density at radius 1 is 1.08 bits per heavy atom. The van der Waals surface area contributed by atoms with Crippen molar-refractivity contribution in [3.05, 3.63) is 0 Å². The third kappa shape index (κ3) is 2.76. The molecule has 0 amide bonds. The SMILES string of the molecule is CCOC(F)(Br)C(F)(Br)C(F)(F)F. The van der Waals surface area contributed by atoms with Gasteiger partial charge in [-0.1, -0.05) is 0 Å². The number of hydrogen-bond donors (Lipinski definition) is 0. The fraction of sp³-hybridized carbons (Fsp3) is 1.00. The van der Waals surface area contributed by atoms with Crippen LogP contribution in [-0.2, 0) is 4.74 Å². The molecule has 2 unspecified atom stereocenters. The van der Waals surface area contributed by atoms with Crippen LogP contribution in [-0.4, -0.2) is 22.1 Å². The monoisotopic (exact) mass is 334 g/mol. The van der Waals surface area contributed by atoms with Crippen molar-refractivity contribution in [1.29, 1.82) is 0 Å². The number of alkyl halides is 7. The van der Waals surface area contributed by atoms with Gasteiger partial charge < -0.3 is 4.74 Å². The van der Waals surface area contributed by atoms with Crippen molar-refractivity contribution in [2.24, 2.45) is 0 Å². The minimum absolute atomic E-state index is 0.408. The maximum atomic E-state index is 12.9. The van der Waals surface area contributed by atoms with Crippen LogP contribution in [0.25, 0.3) is 0 Å². The molecule has 0 spiro atoms. The molecule has 1 nitrogen and oxygen atoms in total. The van der Waals surface area contributed by atoms with E-state index in [9.17, 15) is 22.0 Å². The van der Waals surface area contributed by atoms with Gasteiger partial charge in [0.2, 0.25) is 0 Å². The van der Waals surface area contributed by atoms with Crippen LogP contribution < -0.4 is 0 Å². The second-order valence-electron chi connectivity index (χ2n) is 2.02. The Balaban J connectivity index is 4.81.